The molecule has 0 heterocycles. The predicted octanol–water partition coefficient (Wildman–Crippen LogP) is 3.03. The third-order valence-electron chi connectivity index (χ3n) is 5.38. The van der Waals surface area contributed by atoms with E-state index in [1.807, 2.05) is 0 Å². The van der Waals surface area contributed by atoms with Gasteiger partial charge in [0.05, 0.1) is 0 Å². The Bertz CT molecular complexity index is 225. The molecule has 1 N–H and O–H groups in total. The van der Waals surface area contributed by atoms with E-state index in [1.54, 1.807) is 0 Å². The van der Waals surface area contributed by atoms with Gasteiger partial charge in [-0.05, 0) is 65.0 Å². The summed E-state index contributed by atoms with van der Waals surface area (Å²) in [5.74, 6) is 1.01. The molecule has 2 aliphatic carbocycles. The highest BCUT2D eigenvalue weighted by Crippen LogP contribution is 2.36. The van der Waals surface area contributed by atoms with Gasteiger partial charge in [-0.3, -0.25) is 0 Å². The highest BCUT2D eigenvalue weighted by molar-refractivity contribution is 4.98. The molecule has 2 saturated carbocycles. The monoisotopic (exact) mass is 238 g/mol. The van der Waals surface area contributed by atoms with Crippen LogP contribution in [0.1, 0.15) is 58.3 Å². The van der Waals surface area contributed by atoms with Crippen LogP contribution in [0.25, 0.3) is 0 Å². The van der Waals surface area contributed by atoms with Gasteiger partial charge in [-0.25, -0.2) is 0 Å². The van der Waals surface area contributed by atoms with Crippen molar-refractivity contribution in [2.24, 2.45) is 5.92 Å². The number of hydrogen-bond donors (Lipinski definition) is 1. The Hall–Kier alpha value is -0.0800. The fraction of sp³-hybridized carbons (Fsp3) is 1.00. The Kier molecular flexibility index (Phi) is 4.48. The second-order valence-electron chi connectivity index (χ2n) is 6.48. The lowest BCUT2D eigenvalue weighted by Crippen LogP contribution is -2.57. The fourth-order valence-corrected chi connectivity index (χ4v) is 3.48. The van der Waals surface area contributed by atoms with Crippen molar-refractivity contribution in [3.05, 3.63) is 0 Å². The zero-order valence-electron chi connectivity index (χ0n) is 12.0. The third-order valence-corrected chi connectivity index (χ3v) is 5.38. The van der Waals surface area contributed by atoms with Crippen LogP contribution in [0, 0.1) is 5.92 Å². The van der Waals surface area contributed by atoms with Crippen molar-refractivity contribution < 1.29 is 0 Å². The van der Waals surface area contributed by atoms with Crippen LogP contribution in [0.2, 0.25) is 0 Å². The maximum atomic E-state index is 3.85. The number of likely N-dealkylation sites (N-methyl/N-ethyl adjacent to an activating group) is 1. The van der Waals surface area contributed by atoms with Gasteiger partial charge in [0.25, 0.3) is 0 Å². The standard InChI is InChI=1S/C15H30N2/c1-4-13-6-8-14(9-7-13)16-12-15(17(2)3)10-5-11-15/h13-14,16H,4-12H2,1-3H3. The summed E-state index contributed by atoms with van der Waals surface area (Å²) in [5, 5.41) is 3.85. The Morgan fingerprint density at radius 1 is 1.12 bits per heavy atom. The molecule has 2 aliphatic rings. The molecular weight excluding hydrogens is 208 g/mol. The van der Waals surface area contributed by atoms with Crippen LogP contribution >= 0.6 is 0 Å². The van der Waals surface area contributed by atoms with Crippen molar-refractivity contribution in [3.63, 3.8) is 0 Å². The molecule has 0 bridgehead atoms. The van der Waals surface area contributed by atoms with Crippen LogP contribution in [-0.2, 0) is 0 Å². The van der Waals surface area contributed by atoms with E-state index in [1.165, 1.54) is 57.9 Å². The van der Waals surface area contributed by atoms with Crippen molar-refractivity contribution in [2.75, 3.05) is 20.6 Å². The lowest BCUT2D eigenvalue weighted by molar-refractivity contribution is 0.0547. The molecule has 100 valence electrons. The van der Waals surface area contributed by atoms with Crippen molar-refractivity contribution in [1.29, 1.82) is 0 Å². The first-order valence-electron chi connectivity index (χ1n) is 7.57. The fourth-order valence-electron chi connectivity index (χ4n) is 3.48. The van der Waals surface area contributed by atoms with Crippen LogP contribution in [0.4, 0.5) is 0 Å². The maximum Gasteiger partial charge on any atom is 0.0328 e. The maximum absolute atomic E-state index is 3.85. The van der Waals surface area contributed by atoms with E-state index >= 15 is 0 Å². The summed E-state index contributed by atoms with van der Waals surface area (Å²) >= 11 is 0. The van der Waals surface area contributed by atoms with Crippen molar-refractivity contribution >= 4 is 0 Å². The Balaban J connectivity index is 1.72. The number of rotatable bonds is 5. The molecule has 0 aromatic carbocycles. The van der Waals surface area contributed by atoms with Gasteiger partial charge in [0.15, 0.2) is 0 Å². The highest BCUT2D eigenvalue weighted by Gasteiger charge is 2.39. The molecule has 0 aromatic rings. The van der Waals surface area contributed by atoms with Gasteiger partial charge in [0.1, 0.15) is 0 Å². The quantitative estimate of drug-likeness (QED) is 0.792. The largest absolute Gasteiger partial charge is 0.312 e. The van der Waals surface area contributed by atoms with Gasteiger partial charge in [0, 0.05) is 18.1 Å². The van der Waals surface area contributed by atoms with Crippen LogP contribution in [0.5, 0.6) is 0 Å². The molecule has 17 heavy (non-hydrogen) atoms. The molecule has 2 heteroatoms. The molecule has 0 spiro atoms. The Morgan fingerprint density at radius 2 is 1.76 bits per heavy atom. The van der Waals surface area contributed by atoms with Crippen LogP contribution < -0.4 is 5.32 Å². The summed E-state index contributed by atoms with van der Waals surface area (Å²) in [4.78, 5) is 2.45. The first-order chi connectivity index (χ1) is 8.16. The van der Waals surface area contributed by atoms with Crippen molar-refractivity contribution in [3.8, 4) is 0 Å². The lowest BCUT2D eigenvalue weighted by atomic mass is 9.75. The summed E-state index contributed by atoms with van der Waals surface area (Å²) < 4.78 is 0. The minimum Gasteiger partial charge on any atom is -0.312 e. The average molecular weight is 238 g/mol. The van der Waals surface area contributed by atoms with Crippen LogP contribution in [0.3, 0.4) is 0 Å². The molecule has 0 radical (unpaired) electrons. The van der Waals surface area contributed by atoms with Crippen LogP contribution in [0.15, 0.2) is 0 Å². The normalized spacial score (nSPS) is 32.5. The van der Waals surface area contributed by atoms with Gasteiger partial charge in [0.2, 0.25) is 0 Å². The summed E-state index contributed by atoms with van der Waals surface area (Å²) in [7, 11) is 4.49. The van der Waals surface area contributed by atoms with E-state index in [9.17, 15) is 0 Å². The molecule has 0 amide bonds. The Morgan fingerprint density at radius 3 is 2.18 bits per heavy atom. The summed E-state index contributed by atoms with van der Waals surface area (Å²) in [6.45, 7) is 3.55. The average Bonchev–Trinajstić information content (AvgIpc) is 2.28. The zero-order chi connectivity index (χ0) is 12.3. The van der Waals surface area contributed by atoms with Gasteiger partial charge in [-0.15, -0.1) is 0 Å². The van der Waals surface area contributed by atoms with Gasteiger partial charge in [-0.1, -0.05) is 13.3 Å². The molecule has 2 fully saturated rings. The van der Waals surface area contributed by atoms with E-state index in [-0.39, 0.29) is 0 Å². The lowest BCUT2D eigenvalue weighted by Gasteiger charge is -2.48. The van der Waals surface area contributed by atoms with E-state index in [2.05, 4.69) is 31.2 Å². The molecule has 0 saturated heterocycles. The first kappa shape index (κ1) is 13.4. The Labute approximate surface area is 107 Å². The molecule has 0 unspecified atom stereocenters. The molecule has 0 atom stereocenters. The molecule has 0 aliphatic heterocycles. The van der Waals surface area contributed by atoms with Crippen LogP contribution in [-0.4, -0.2) is 37.1 Å². The van der Waals surface area contributed by atoms with Crippen molar-refractivity contribution in [1.82, 2.24) is 10.2 Å². The van der Waals surface area contributed by atoms with E-state index in [0.717, 1.165) is 12.0 Å². The minimum absolute atomic E-state index is 0.488. The molecule has 2 nitrogen and oxygen atoms in total. The minimum atomic E-state index is 0.488. The van der Waals surface area contributed by atoms with Gasteiger partial charge < -0.3 is 10.2 Å². The third kappa shape index (κ3) is 3.03. The summed E-state index contributed by atoms with van der Waals surface area (Å²) in [6.07, 6.45) is 11.3. The second kappa shape index (κ2) is 5.71. The van der Waals surface area contributed by atoms with E-state index < -0.39 is 0 Å². The summed E-state index contributed by atoms with van der Waals surface area (Å²) in [5.41, 5.74) is 0.488. The molecule has 2 rings (SSSR count). The summed E-state index contributed by atoms with van der Waals surface area (Å²) in [6, 6.07) is 0.801. The van der Waals surface area contributed by atoms with E-state index in [0.29, 0.717) is 5.54 Å². The van der Waals surface area contributed by atoms with Gasteiger partial charge in [-0.2, -0.15) is 0 Å². The van der Waals surface area contributed by atoms with Crippen molar-refractivity contribution in [2.45, 2.75) is 69.9 Å². The molecular formula is C15H30N2. The van der Waals surface area contributed by atoms with Gasteiger partial charge >= 0.3 is 0 Å². The molecule has 0 aromatic heterocycles. The zero-order valence-corrected chi connectivity index (χ0v) is 12.0. The first-order valence-corrected chi connectivity index (χ1v) is 7.57. The topological polar surface area (TPSA) is 15.3 Å². The van der Waals surface area contributed by atoms with E-state index in [4.69, 9.17) is 0 Å². The SMILES string of the molecule is CCC1CCC(NCC2(N(C)C)CCC2)CC1. The number of nitrogens with one attached hydrogen (secondary N) is 1. The second-order valence-corrected chi connectivity index (χ2v) is 6.48. The number of nitrogens with zero attached hydrogens (tertiary/aromatic N) is 1. The smallest absolute Gasteiger partial charge is 0.0328 e. The highest BCUT2D eigenvalue weighted by atomic mass is 15.2. The number of hydrogen-bond acceptors (Lipinski definition) is 2. The predicted molar refractivity (Wildman–Crippen MR) is 74.3 cm³/mol.